The number of furan rings is 1. The van der Waals surface area contributed by atoms with Crippen molar-refractivity contribution in [2.75, 3.05) is 7.05 Å². The molecule has 0 saturated heterocycles. The van der Waals surface area contributed by atoms with Crippen LogP contribution in [0, 0.1) is 6.92 Å². The molecule has 92 valence electrons. The number of nitrogens with one attached hydrogen (secondary N) is 1. The van der Waals surface area contributed by atoms with Crippen LogP contribution in [0.25, 0.3) is 21.5 Å². The highest BCUT2D eigenvalue weighted by molar-refractivity contribution is 7.15. The maximum Gasteiger partial charge on any atom is 0.135 e. The van der Waals surface area contributed by atoms with Crippen LogP contribution in [0.2, 0.25) is 0 Å². The van der Waals surface area contributed by atoms with E-state index in [2.05, 4.69) is 16.4 Å². The Balaban J connectivity index is 2.15. The molecule has 0 aliphatic carbocycles. The van der Waals surface area contributed by atoms with E-state index in [1.807, 2.05) is 38.4 Å². The fourth-order valence-corrected chi connectivity index (χ4v) is 3.14. The van der Waals surface area contributed by atoms with Crippen LogP contribution in [0.5, 0.6) is 0 Å². The van der Waals surface area contributed by atoms with Crippen molar-refractivity contribution in [3.05, 3.63) is 41.1 Å². The van der Waals surface area contributed by atoms with Gasteiger partial charge in [0.1, 0.15) is 16.4 Å². The third-order valence-electron chi connectivity index (χ3n) is 2.89. The van der Waals surface area contributed by atoms with Gasteiger partial charge in [-0.15, -0.1) is 11.3 Å². The predicted octanol–water partition coefficient (Wildman–Crippen LogP) is 3.58. The van der Waals surface area contributed by atoms with Crippen LogP contribution in [-0.2, 0) is 6.54 Å². The van der Waals surface area contributed by atoms with Crippen LogP contribution in [0.4, 0.5) is 0 Å². The summed E-state index contributed by atoms with van der Waals surface area (Å²) in [5.74, 6) is 0.932. The molecule has 3 rings (SSSR count). The van der Waals surface area contributed by atoms with Gasteiger partial charge in [-0.2, -0.15) is 0 Å². The van der Waals surface area contributed by atoms with E-state index in [-0.39, 0.29) is 0 Å². The number of hydrogen-bond acceptors (Lipinski definition) is 4. The predicted molar refractivity (Wildman–Crippen MR) is 74.8 cm³/mol. The summed E-state index contributed by atoms with van der Waals surface area (Å²) in [6, 6.07) is 8.10. The molecule has 0 radical (unpaired) electrons. The Morgan fingerprint density at radius 2 is 2.17 bits per heavy atom. The Bertz CT molecular complexity index is 684. The van der Waals surface area contributed by atoms with Crippen molar-refractivity contribution < 1.29 is 4.42 Å². The fraction of sp³-hybridized carbons (Fsp3) is 0.214. The van der Waals surface area contributed by atoms with Gasteiger partial charge in [0.05, 0.1) is 5.56 Å². The zero-order valence-corrected chi connectivity index (χ0v) is 11.2. The minimum Gasteiger partial charge on any atom is -0.461 e. The van der Waals surface area contributed by atoms with Gasteiger partial charge in [0.2, 0.25) is 0 Å². The lowest BCUT2D eigenvalue weighted by Crippen LogP contribution is -2.02. The molecular formula is C14H14N2OS. The summed E-state index contributed by atoms with van der Waals surface area (Å²) in [4.78, 5) is 5.74. The lowest BCUT2D eigenvalue weighted by molar-refractivity contribution is 0.580. The van der Waals surface area contributed by atoms with Crippen LogP contribution in [0.15, 0.2) is 34.9 Å². The Morgan fingerprint density at radius 1 is 1.33 bits per heavy atom. The van der Waals surface area contributed by atoms with E-state index in [0.717, 1.165) is 33.8 Å². The number of fused-ring (bicyclic) bond motifs is 1. The average Bonchev–Trinajstić information content (AvgIpc) is 2.92. The summed E-state index contributed by atoms with van der Waals surface area (Å²) in [6.07, 6.45) is 1.93. The minimum absolute atomic E-state index is 0.854. The number of nitrogens with zero attached hydrogens (tertiary/aromatic N) is 1. The summed E-state index contributed by atoms with van der Waals surface area (Å²) in [5.41, 5.74) is 2.05. The summed E-state index contributed by atoms with van der Waals surface area (Å²) >= 11 is 1.71. The van der Waals surface area contributed by atoms with Gasteiger partial charge < -0.3 is 9.73 Å². The third-order valence-corrected chi connectivity index (χ3v) is 3.90. The second kappa shape index (κ2) is 4.55. The highest BCUT2D eigenvalue weighted by atomic mass is 32.1. The van der Waals surface area contributed by atoms with Crippen molar-refractivity contribution in [1.29, 1.82) is 0 Å². The van der Waals surface area contributed by atoms with Crippen molar-refractivity contribution >= 4 is 22.3 Å². The molecule has 0 saturated carbocycles. The van der Waals surface area contributed by atoms with Crippen molar-refractivity contribution in [2.45, 2.75) is 13.5 Å². The molecule has 0 spiro atoms. The molecular weight excluding hydrogens is 244 g/mol. The minimum atomic E-state index is 0.854. The smallest absolute Gasteiger partial charge is 0.135 e. The first-order valence-corrected chi connectivity index (χ1v) is 6.69. The van der Waals surface area contributed by atoms with Crippen LogP contribution in [0.3, 0.4) is 0 Å². The Hall–Kier alpha value is -1.65. The highest BCUT2D eigenvalue weighted by Gasteiger charge is 2.15. The molecule has 0 aliphatic rings. The number of aryl methyl sites for hydroxylation is 1. The molecule has 18 heavy (non-hydrogen) atoms. The largest absolute Gasteiger partial charge is 0.461 e. The lowest BCUT2D eigenvalue weighted by atomic mass is 10.1. The molecule has 4 heteroatoms. The van der Waals surface area contributed by atoms with E-state index in [0.29, 0.717) is 0 Å². The van der Waals surface area contributed by atoms with E-state index in [1.54, 1.807) is 11.3 Å². The zero-order valence-electron chi connectivity index (χ0n) is 10.4. The van der Waals surface area contributed by atoms with Gasteiger partial charge in [0.25, 0.3) is 0 Å². The van der Waals surface area contributed by atoms with Crippen molar-refractivity contribution in [3.63, 3.8) is 0 Å². The normalized spacial score (nSPS) is 11.2. The molecule has 0 atom stereocenters. The van der Waals surface area contributed by atoms with Crippen LogP contribution < -0.4 is 5.32 Å². The molecule has 1 N–H and O–H groups in total. The first-order valence-electron chi connectivity index (χ1n) is 5.87. The number of hydrogen-bond donors (Lipinski definition) is 1. The van der Waals surface area contributed by atoms with Gasteiger partial charge in [-0.25, -0.2) is 4.98 Å². The van der Waals surface area contributed by atoms with Gasteiger partial charge >= 0.3 is 0 Å². The van der Waals surface area contributed by atoms with E-state index >= 15 is 0 Å². The number of rotatable bonds is 3. The van der Waals surface area contributed by atoms with Crippen LogP contribution in [0.1, 0.15) is 10.6 Å². The quantitative estimate of drug-likeness (QED) is 0.780. The molecule has 3 nitrogen and oxygen atoms in total. The van der Waals surface area contributed by atoms with E-state index in [4.69, 9.17) is 4.42 Å². The maximum atomic E-state index is 5.77. The summed E-state index contributed by atoms with van der Waals surface area (Å²) in [5, 5.41) is 5.31. The Labute approximate surface area is 109 Å². The van der Waals surface area contributed by atoms with Crippen molar-refractivity contribution in [3.8, 4) is 10.6 Å². The summed E-state index contributed by atoms with van der Waals surface area (Å²) in [6.45, 7) is 2.85. The topological polar surface area (TPSA) is 38.1 Å². The van der Waals surface area contributed by atoms with Gasteiger partial charge in [-0.05, 0) is 20.0 Å². The highest BCUT2D eigenvalue weighted by Crippen LogP contribution is 2.36. The van der Waals surface area contributed by atoms with E-state index in [1.165, 1.54) is 4.88 Å². The monoisotopic (exact) mass is 258 g/mol. The second-order valence-corrected chi connectivity index (χ2v) is 5.31. The number of para-hydroxylation sites is 1. The second-order valence-electron chi connectivity index (χ2n) is 4.19. The van der Waals surface area contributed by atoms with Crippen LogP contribution >= 0.6 is 11.3 Å². The van der Waals surface area contributed by atoms with Gasteiger partial charge in [-0.3, -0.25) is 0 Å². The number of benzene rings is 1. The molecule has 0 unspecified atom stereocenters. The maximum absolute atomic E-state index is 5.77. The van der Waals surface area contributed by atoms with Crippen molar-refractivity contribution in [2.24, 2.45) is 0 Å². The Kier molecular flexibility index (Phi) is 2.89. The number of thiazole rings is 1. The molecule has 0 fully saturated rings. The van der Waals surface area contributed by atoms with Gasteiger partial charge in [0, 0.05) is 23.0 Å². The third kappa shape index (κ3) is 1.83. The summed E-state index contributed by atoms with van der Waals surface area (Å²) < 4.78 is 5.77. The van der Waals surface area contributed by atoms with Crippen molar-refractivity contribution in [1.82, 2.24) is 10.3 Å². The zero-order chi connectivity index (χ0) is 12.5. The Morgan fingerprint density at radius 3 is 3.00 bits per heavy atom. The van der Waals surface area contributed by atoms with E-state index in [9.17, 15) is 0 Å². The SMILES string of the molecule is CNCc1cnc(-c2c(C)oc3ccccc23)s1. The molecule has 3 aromatic rings. The first-order chi connectivity index (χ1) is 8.79. The molecule has 2 heterocycles. The van der Waals surface area contributed by atoms with Crippen LogP contribution in [-0.4, -0.2) is 12.0 Å². The molecule has 0 bridgehead atoms. The lowest BCUT2D eigenvalue weighted by Gasteiger charge is -1.94. The first kappa shape index (κ1) is 11.4. The molecule has 0 aliphatic heterocycles. The molecule has 2 aromatic heterocycles. The molecule has 1 aromatic carbocycles. The number of aromatic nitrogens is 1. The fourth-order valence-electron chi connectivity index (χ4n) is 2.11. The van der Waals surface area contributed by atoms with E-state index < -0.39 is 0 Å². The standard InChI is InChI=1S/C14H14N2OS/c1-9-13(11-5-3-4-6-12(11)17-9)14-16-8-10(18-14)7-15-2/h3-6,8,15H,7H2,1-2H3. The average molecular weight is 258 g/mol. The van der Waals surface area contributed by atoms with Gasteiger partial charge in [0.15, 0.2) is 0 Å². The molecule has 0 amide bonds. The summed E-state index contributed by atoms with van der Waals surface area (Å²) in [7, 11) is 1.94. The van der Waals surface area contributed by atoms with Gasteiger partial charge in [-0.1, -0.05) is 18.2 Å².